The van der Waals surface area contributed by atoms with Gasteiger partial charge in [0, 0.05) is 17.8 Å². The summed E-state index contributed by atoms with van der Waals surface area (Å²) in [6.45, 7) is 15.0. The molecule has 0 N–H and O–H groups in total. The Labute approximate surface area is 283 Å². The molecule has 6 nitrogen and oxygen atoms in total. The van der Waals surface area contributed by atoms with Gasteiger partial charge in [-0.1, -0.05) is 88.6 Å². The fourth-order valence-corrected chi connectivity index (χ4v) is 5.94. The van der Waals surface area contributed by atoms with Gasteiger partial charge in [-0.05, 0) is 111 Å². The normalized spacial score (nSPS) is 14.5. The van der Waals surface area contributed by atoms with Crippen LogP contribution >= 0.6 is 0 Å². The molecule has 2 aromatic carbocycles. The molecular weight excluding hydrogens is 588 g/mol. The van der Waals surface area contributed by atoms with Gasteiger partial charge in [0.05, 0.1) is 19.8 Å². The highest BCUT2D eigenvalue weighted by Crippen LogP contribution is 2.29. The van der Waals surface area contributed by atoms with Gasteiger partial charge in [-0.3, -0.25) is 0 Å². The maximum Gasteiger partial charge on any atom is 0.333 e. The van der Waals surface area contributed by atoms with Crippen molar-refractivity contribution in [3.63, 3.8) is 0 Å². The van der Waals surface area contributed by atoms with Crippen molar-refractivity contribution in [3.05, 3.63) is 83.0 Å². The van der Waals surface area contributed by atoms with Crippen LogP contribution < -0.4 is 0 Å². The van der Waals surface area contributed by atoms with Gasteiger partial charge in [0.1, 0.15) is 0 Å². The fraction of sp³-hybridized carbons (Fsp3) is 0.561. The lowest BCUT2D eigenvalue weighted by Crippen LogP contribution is -2.23. The summed E-state index contributed by atoms with van der Waals surface area (Å²) in [4.78, 5) is 24.0. The molecule has 0 bridgehead atoms. The third-order valence-corrected chi connectivity index (χ3v) is 8.68. The first-order valence-corrected chi connectivity index (χ1v) is 17.9. The zero-order valence-electron chi connectivity index (χ0n) is 29.3. The van der Waals surface area contributed by atoms with Crippen molar-refractivity contribution in [2.75, 3.05) is 26.4 Å². The van der Waals surface area contributed by atoms with Crippen LogP contribution in [-0.2, 0) is 54.2 Å². The van der Waals surface area contributed by atoms with E-state index >= 15 is 0 Å². The quantitative estimate of drug-likeness (QED) is 0.0721. The Balaban J connectivity index is 1.81. The lowest BCUT2D eigenvalue weighted by molar-refractivity contribution is -0.161. The molecule has 0 spiro atoms. The standard InChI is InChI=1S/C41H58O6/c1-6-7-8-9-10-11-16-33-20-22-34(23-21-33)37-29-35(17-14-26-46-40(42)31(2)3)38(24-28-45-39-19-12-13-25-44-39)36(30-37)18-15-27-47-41(43)32(4)5/h20-23,29-30,39H,2,4,6-19,24-28H2,1,3,5H3. The number of ether oxygens (including phenoxy) is 4. The molecular formula is C41H58O6. The second-order valence-corrected chi connectivity index (χ2v) is 12.9. The molecule has 0 radical (unpaired) electrons. The highest BCUT2D eigenvalue weighted by molar-refractivity contribution is 5.87. The first-order valence-electron chi connectivity index (χ1n) is 17.9. The molecule has 0 amide bonds. The van der Waals surface area contributed by atoms with E-state index in [0.717, 1.165) is 51.6 Å². The van der Waals surface area contributed by atoms with Crippen LogP contribution in [0.2, 0.25) is 0 Å². The minimum atomic E-state index is -0.356. The van der Waals surface area contributed by atoms with Crippen LogP contribution in [0, 0.1) is 0 Å². The average Bonchev–Trinajstić information content (AvgIpc) is 3.07. The third kappa shape index (κ3) is 14.2. The molecule has 0 saturated carbocycles. The lowest BCUT2D eigenvalue weighted by Gasteiger charge is -2.24. The molecule has 1 fully saturated rings. The first kappa shape index (κ1) is 38.2. The van der Waals surface area contributed by atoms with E-state index in [1.54, 1.807) is 13.8 Å². The van der Waals surface area contributed by atoms with E-state index in [1.165, 1.54) is 71.9 Å². The molecule has 0 aromatic heterocycles. The van der Waals surface area contributed by atoms with E-state index in [4.69, 9.17) is 18.9 Å². The van der Waals surface area contributed by atoms with Crippen molar-refractivity contribution in [1.29, 1.82) is 0 Å². The molecule has 1 unspecified atom stereocenters. The smallest absolute Gasteiger partial charge is 0.333 e. The van der Waals surface area contributed by atoms with Crippen LogP contribution in [0.25, 0.3) is 11.1 Å². The molecule has 1 aliphatic heterocycles. The largest absolute Gasteiger partial charge is 0.462 e. The number of unbranched alkanes of at least 4 members (excludes halogenated alkanes) is 5. The van der Waals surface area contributed by atoms with E-state index in [-0.39, 0.29) is 18.2 Å². The van der Waals surface area contributed by atoms with E-state index in [0.29, 0.717) is 43.8 Å². The van der Waals surface area contributed by atoms with Gasteiger partial charge in [0.25, 0.3) is 0 Å². The molecule has 2 aromatic rings. The van der Waals surface area contributed by atoms with Crippen molar-refractivity contribution in [3.8, 4) is 11.1 Å². The zero-order valence-corrected chi connectivity index (χ0v) is 29.3. The molecule has 1 saturated heterocycles. The maximum atomic E-state index is 12.0. The Morgan fingerprint density at radius 3 is 1.87 bits per heavy atom. The number of hydrogen-bond donors (Lipinski definition) is 0. The number of carbonyl (C=O) groups is 2. The van der Waals surface area contributed by atoms with E-state index < -0.39 is 0 Å². The molecule has 258 valence electrons. The summed E-state index contributed by atoms with van der Waals surface area (Å²) in [5, 5.41) is 0. The van der Waals surface area contributed by atoms with Crippen molar-refractivity contribution in [1.82, 2.24) is 0 Å². The minimum absolute atomic E-state index is 0.145. The summed E-state index contributed by atoms with van der Waals surface area (Å²) >= 11 is 0. The zero-order chi connectivity index (χ0) is 33.9. The van der Waals surface area contributed by atoms with E-state index in [9.17, 15) is 9.59 Å². The van der Waals surface area contributed by atoms with Gasteiger partial charge in [-0.15, -0.1) is 0 Å². The SMILES string of the molecule is C=C(C)C(=O)OCCCc1cc(-c2ccc(CCCCCCCC)cc2)cc(CCCOC(=O)C(=C)C)c1CCOC1CCCCO1. The van der Waals surface area contributed by atoms with E-state index in [2.05, 4.69) is 56.5 Å². The van der Waals surface area contributed by atoms with Gasteiger partial charge < -0.3 is 18.9 Å². The van der Waals surface area contributed by atoms with Crippen molar-refractivity contribution < 1.29 is 28.5 Å². The summed E-state index contributed by atoms with van der Waals surface area (Å²) in [6, 6.07) is 13.6. The highest BCUT2D eigenvalue weighted by atomic mass is 16.7. The van der Waals surface area contributed by atoms with Gasteiger partial charge in [-0.25, -0.2) is 9.59 Å². The van der Waals surface area contributed by atoms with Crippen LogP contribution in [0.4, 0.5) is 0 Å². The Morgan fingerprint density at radius 1 is 0.723 bits per heavy atom. The Morgan fingerprint density at radius 2 is 1.32 bits per heavy atom. The minimum Gasteiger partial charge on any atom is -0.462 e. The van der Waals surface area contributed by atoms with Crippen molar-refractivity contribution >= 4 is 11.9 Å². The fourth-order valence-electron chi connectivity index (χ4n) is 5.94. The summed E-state index contributed by atoms with van der Waals surface area (Å²) in [7, 11) is 0. The molecule has 3 rings (SSSR count). The predicted octanol–water partition coefficient (Wildman–Crippen LogP) is 9.45. The summed E-state index contributed by atoms with van der Waals surface area (Å²) < 4.78 is 22.8. The van der Waals surface area contributed by atoms with Crippen LogP contribution in [0.5, 0.6) is 0 Å². The molecule has 1 heterocycles. The summed E-state index contributed by atoms with van der Waals surface area (Å²) in [6.07, 6.45) is 15.6. The topological polar surface area (TPSA) is 71.1 Å². The molecule has 1 atom stereocenters. The van der Waals surface area contributed by atoms with Crippen LogP contribution in [0.15, 0.2) is 60.7 Å². The maximum absolute atomic E-state index is 12.0. The number of rotatable bonds is 22. The van der Waals surface area contributed by atoms with Crippen LogP contribution in [0.3, 0.4) is 0 Å². The Bertz CT molecular complexity index is 1220. The Kier molecular flexibility index (Phi) is 17.6. The lowest BCUT2D eigenvalue weighted by atomic mass is 9.88. The number of hydrogen-bond acceptors (Lipinski definition) is 6. The van der Waals surface area contributed by atoms with Gasteiger partial charge in [0.15, 0.2) is 6.29 Å². The number of benzene rings is 2. The van der Waals surface area contributed by atoms with Gasteiger partial charge in [0.2, 0.25) is 0 Å². The van der Waals surface area contributed by atoms with Crippen LogP contribution in [-0.4, -0.2) is 44.7 Å². The van der Waals surface area contributed by atoms with Gasteiger partial charge in [-0.2, -0.15) is 0 Å². The number of aryl methyl sites for hydroxylation is 3. The molecule has 47 heavy (non-hydrogen) atoms. The number of esters is 2. The summed E-state index contributed by atoms with van der Waals surface area (Å²) in [5.41, 5.74) is 8.25. The number of carbonyl (C=O) groups excluding carboxylic acids is 2. The third-order valence-electron chi connectivity index (χ3n) is 8.68. The van der Waals surface area contributed by atoms with Crippen molar-refractivity contribution in [2.24, 2.45) is 0 Å². The molecule has 6 heteroatoms. The predicted molar refractivity (Wildman–Crippen MR) is 190 cm³/mol. The van der Waals surface area contributed by atoms with Crippen molar-refractivity contribution in [2.45, 2.75) is 123 Å². The van der Waals surface area contributed by atoms with Gasteiger partial charge >= 0.3 is 11.9 Å². The van der Waals surface area contributed by atoms with E-state index in [1.807, 2.05) is 0 Å². The monoisotopic (exact) mass is 646 g/mol. The second-order valence-electron chi connectivity index (χ2n) is 12.9. The second kappa shape index (κ2) is 21.6. The highest BCUT2D eigenvalue weighted by Gasteiger charge is 2.17. The Hall–Kier alpha value is -3.22. The molecule has 1 aliphatic rings. The molecule has 0 aliphatic carbocycles. The average molecular weight is 647 g/mol. The van der Waals surface area contributed by atoms with Crippen LogP contribution in [0.1, 0.15) is 114 Å². The first-order chi connectivity index (χ1) is 22.8. The summed E-state index contributed by atoms with van der Waals surface area (Å²) in [5.74, 6) is -0.711.